The van der Waals surface area contributed by atoms with Crippen molar-refractivity contribution in [3.63, 3.8) is 0 Å². The minimum Gasteiger partial charge on any atom is -0.378 e. The first-order valence-electron chi connectivity index (χ1n) is 7.93. The van der Waals surface area contributed by atoms with Crippen molar-refractivity contribution in [3.8, 4) is 0 Å². The zero-order valence-corrected chi connectivity index (χ0v) is 14.0. The van der Waals surface area contributed by atoms with Crippen LogP contribution in [-0.4, -0.2) is 47.3 Å². The van der Waals surface area contributed by atoms with Crippen molar-refractivity contribution in [2.45, 2.75) is 68.6 Å². The van der Waals surface area contributed by atoms with E-state index in [9.17, 15) is 0 Å². The molecule has 0 aromatic rings. The molecule has 4 atom stereocenters. The van der Waals surface area contributed by atoms with Gasteiger partial charge in [0.05, 0.1) is 6.10 Å². The molecule has 2 aliphatic rings. The quantitative estimate of drug-likeness (QED) is 0.776. The van der Waals surface area contributed by atoms with E-state index in [1.54, 1.807) is 0 Å². The van der Waals surface area contributed by atoms with Crippen molar-refractivity contribution >= 4 is 23.5 Å². The molecule has 0 aromatic heterocycles. The maximum atomic E-state index is 5.78. The molecule has 0 spiro atoms. The molecule has 2 fully saturated rings. The molecule has 0 aliphatic carbocycles. The lowest BCUT2D eigenvalue weighted by Gasteiger charge is -2.36. The molecule has 2 saturated heterocycles. The summed E-state index contributed by atoms with van der Waals surface area (Å²) in [6.07, 6.45) is 6.93. The van der Waals surface area contributed by atoms with Gasteiger partial charge in [0.1, 0.15) is 0 Å². The number of rotatable bonds is 7. The molecule has 0 amide bonds. The smallest absolute Gasteiger partial charge is 0.0576 e. The molecule has 0 aromatic carbocycles. The largest absolute Gasteiger partial charge is 0.378 e. The molecular formula is C15H29NOS2. The Morgan fingerprint density at radius 3 is 2.79 bits per heavy atom. The third-order valence-corrected chi connectivity index (χ3v) is 7.59. The Morgan fingerprint density at radius 1 is 1.26 bits per heavy atom. The van der Waals surface area contributed by atoms with Gasteiger partial charge in [0, 0.05) is 34.7 Å². The molecule has 2 aliphatic heterocycles. The summed E-state index contributed by atoms with van der Waals surface area (Å²) < 4.78 is 5.78. The van der Waals surface area contributed by atoms with Gasteiger partial charge in [0.2, 0.25) is 0 Å². The highest BCUT2D eigenvalue weighted by Crippen LogP contribution is 2.36. The molecule has 19 heavy (non-hydrogen) atoms. The van der Waals surface area contributed by atoms with Crippen molar-refractivity contribution < 1.29 is 4.74 Å². The number of hydrogen-bond donors (Lipinski definition) is 1. The standard InChI is InChI=1S/C15H29NOS2/c1-3-14-15(19-11-10-18-14)13(16-4-2)8-7-12-6-5-9-17-12/h12-16H,3-11H2,1-2H3. The average Bonchev–Trinajstić information content (AvgIpc) is 2.96. The molecule has 2 rings (SSSR count). The lowest BCUT2D eigenvalue weighted by atomic mass is 10.0. The van der Waals surface area contributed by atoms with Gasteiger partial charge in [-0.2, -0.15) is 23.5 Å². The Balaban J connectivity index is 1.85. The third kappa shape index (κ3) is 4.83. The summed E-state index contributed by atoms with van der Waals surface area (Å²) in [5.74, 6) is 2.66. The lowest BCUT2D eigenvalue weighted by molar-refractivity contribution is 0.0995. The van der Waals surface area contributed by atoms with Gasteiger partial charge < -0.3 is 10.1 Å². The fourth-order valence-electron chi connectivity index (χ4n) is 3.19. The predicted octanol–water partition coefficient (Wildman–Crippen LogP) is 3.55. The second-order valence-corrected chi connectivity index (χ2v) is 8.16. The van der Waals surface area contributed by atoms with Crippen LogP contribution >= 0.6 is 23.5 Å². The summed E-state index contributed by atoms with van der Waals surface area (Å²) in [6, 6.07) is 0.678. The van der Waals surface area contributed by atoms with Crippen LogP contribution < -0.4 is 5.32 Å². The summed E-state index contributed by atoms with van der Waals surface area (Å²) in [4.78, 5) is 0. The zero-order chi connectivity index (χ0) is 13.5. The summed E-state index contributed by atoms with van der Waals surface area (Å²) in [5, 5.41) is 5.39. The Bertz CT molecular complexity index is 246. The van der Waals surface area contributed by atoms with Crippen molar-refractivity contribution in [2.24, 2.45) is 0 Å². The first-order chi connectivity index (χ1) is 9.35. The SMILES string of the molecule is CCNC(CCC1CCCO1)C1SCCSC1CC. The van der Waals surface area contributed by atoms with Gasteiger partial charge in [0.15, 0.2) is 0 Å². The van der Waals surface area contributed by atoms with Crippen LogP contribution in [0.2, 0.25) is 0 Å². The van der Waals surface area contributed by atoms with Crippen LogP contribution in [0.4, 0.5) is 0 Å². The zero-order valence-electron chi connectivity index (χ0n) is 12.4. The summed E-state index contributed by atoms with van der Waals surface area (Å²) in [6.45, 7) is 6.66. The summed E-state index contributed by atoms with van der Waals surface area (Å²) in [7, 11) is 0. The first-order valence-corrected chi connectivity index (χ1v) is 10.0. The van der Waals surface area contributed by atoms with Gasteiger partial charge in [0.25, 0.3) is 0 Å². The topological polar surface area (TPSA) is 21.3 Å². The van der Waals surface area contributed by atoms with E-state index >= 15 is 0 Å². The average molecular weight is 304 g/mol. The monoisotopic (exact) mass is 303 g/mol. The van der Waals surface area contributed by atoms with Gasteiger partial charge >= 0.3 is 0 Å². The van der Waals surface area contributed by atoms with Gasteiger partial charge in [-0.05, 0) is 38.6 Å². The van der Waals surface area contributed by atoms with Crippen molar-refractivity contribution in [3.05, 3.63) is 0 Å². The van der Waals surface area contributed by atoms with E-state index in [1.807, 2.05) is 0 Å². The van der Waals surface area contributed by atoms with E-state index < -0.39 is 0 Å². The maximum absolute atomic E-state index is 5.78. The van der Waals surface area contributed by atoms with E-state index in [1.165, 1.54) is 43.6 Å². The van der Waals surface area contributed by atoms with E-state index in [2.05, 4.69) is 42.7 Å². The molecule has 112 valence electrons. The number of ether oxygens (including phenoxy) is 1. The molecular weight excluding hydrogens is 274 g/mol. The fourth-order valence-corrected chi connectivity index (χ4v) is 6.50. The summed E-state index contributed by atoms with van der Waals surface area (Å²) in [5.41, 5.74) is 0. The van der Waals surface area contributed by atoms with Gasteiger partial charge in [-0.3, -0.25) is 0 Å². The summed E-state index contributed by atoms with van der Waals surface area (Å²) >= 11 is 4.39. The van der Waals surface area contributed by atoms with Crippen LogP contribution in [-0.2, 0) is 4.74 Å². The molecule has 4 heteroatoms. The lowest BCUT2D eigenvalue weighted by Crippen LogP contribution is -2.45. The van der Waals surface area contributed by atoms with Crippen LogP contribution in [0.1, 0.15) is 46.0 Å². The Hall–Kier alpha value is 0.620. The highest BCUT2D eigenvalue weighted by Gasteiger charge is 2.32. The van der Waals surface area contributed by atoms with Crippen molar-refractivity contribution in [2.75, 3.05) is 24.7 Å². The second-order valence-electron chi connectivity index (χ2n) is 5.53. The van der Waals surface area contributed by atoms with Crippen LogP contribution in [0.25, 0.3) is 0 Å². The molecule has 0 saturated carbocycles. The van der Waals surface area contributed by atoms with E-state index in [0.717, 1.165) is 23.7 Å². The van der Waals surface area contributed by atoms with Crippen molar-refractivity contribution in [1.29, 1.82) is 0 Å². The normalized spacial score (nSPS) is 33.5. The highest BCUT2D eigenvalue weighted by molar-refractivity contribution is 8.07. The van der Waals surface area contributed by atoms with E-state index in [0.29, 0.717) is 12.1 Å². The third-order valence-electron chi connectivity index (χ3n) is 4.18. The van der Waals surface area contributed by atoms with Crippen LogP contribution in [0, 0.1) is 0 Å². The minimum absolute atomic E-state index is 0.544. The fraction of sp³-hybridized carbons (Fsp3) is 1.00. The van der Waals surface area contributed by atoms with Gasteiger partial charge in [-0.25, -0.2) is 0 Å². The van der Waals surface area contributed by atoms with Gasteiger partial charge in [-0.15, -0.1) is 0 Å². The number of hydrogen-bond acceptors (Lipinski definition) is 4. The second kappa shape index (κ2) is 8.81. The van der Waals surface area contributed by atoms with Crippen LogP contribution in [0.15, 0.2) is 0 Å². The van der Waals surface area contributed by atoms with Crippen LogP contribution in [0.5, 0.6) is 0 Å². The number of thioether (sulfide) groups is 2. The van der Waals surface area contributed by atoms with E-state index in [-0.39, 0.29) is 0 Å². The molecule has 2 nitrogen and oxygen atoms in total. The Labute approximate surface area is 127 Å². The number of nitrogens with one attached hydrogen (secondary N) is 1. The molecule has 0 radical (unpaired) electrons. The maximum Gasteiger partial charge on any atom is 0.0576 e. The van der Waals surface area contributed by atoms with Gasteiger partial charge in [-0.1, -0.05) is 13.8 Å². The van der Waals surface area contributed by atoms with E-state index in [4.69, 9.17) is 4.74 Å². The Morgan fingerprint density at radius 2 is 2.11 bits per heavy atom. The van der Waals surface area contributed by atoms with Crippen molar-refractivity contribution in [1.82, 2.24) is 5.32 Å². The highest BCUT2D eigenvalue weighted by atomic mass is 32.2. The molecule has 2 heterocycles. The minimum atomic E-state index is 0.544. The molecule has 0 bridgehead atoms. The van der Waals surface area contributed by atoms with Crippen LogP contribution in [0.3, 0.4) is 0 Å². The molecule has 1 N–H and O–H groups in total. The first kappa shape index (κ1) is 16.0. The predicted molar refractivity (Wildman–Crippen MR) is 88.5 cm³/mol. The Kier molecular flexibility index (Phi) is 7.42. The molecule has 4 unspecified atom stereocenters.